The first-order chi connectivity index (χ1) is 13.7. The van der Waals surface area contributed by atoms with Crippen molar-refractivity contribution in [2.75, 3.05) is 19.0 Å². The summed E-state index contributed by atoms with van der Waals surface area (Å²) in [5.41, 5.74) is 0.781. The van der Waals surface area contributed by atoms with Crippen molar-refractivity contribution in [3.63, 3.8) is 0 Å². The van der Waals surface area contributed by atoms with Crippen LogP contribution in [0.4, 0.5) is 5.69 Å². The molecule has 0 bridgehead atoms. The van der Waals surface area contributed by atoms with Gasteiger partial charge in [-0.15, -0.1) is 0 Å². The van der Waals surface area contributed by atoms with Crippen LogP contribution in [-0.2, 0) is 4.79 Å². The first-order valence-corrected chi connectivity index (χ1v) is 10.3. The van der Waals surface area contributed by atoms with Gasteiger partial charge in [0.1, 0.15) is 12.4 Å². The zero-order valence-corrected chi connectivity index (χ0v) is 16.6. The van der Waals surface area contributed by atoms with E-state index in [1.54, 1.807) is 16.7 Å². The van der Waals surface area contributed by atoms with Crippen LogP contribution in [0.3, 0.4) is 0 Å². The Labute approximate surface area is 168 Å². The van der Waals surface area contributed by atoms with Gasteiger partial charge in [0.15, 0.2) is 16.7 Å². The van der Waals surface area contributed by atoms with Gasteiger partial charge in [0.05, 0.1) is 12.3 Å². The first-order valence-electron chi connectivity index (χ1n) is 9.31. The summed E-state index contributed by atoms with van der Waals surface area (Å²) in [5.74, 6) is 2.73. The molecule has 0 N–H and O–H groups in total. The maximum absolute atomic E-state index is 13.2. The predicted octanol–water partition coefficient (Wildman–Crippen LogP) is 3.88. The van der Waals surface area contributed by atoms with Crippen LogP contribution >= 0.6 is 11.8 Å². The Bertz CT molecular complexity index is 884. The van der Waals surface area contributed by atoms with Crippen LogP contribution < -0.4 is 14.2 Å². The maximum Gasteiger partial charge on any atom is 0.273 e. The summed E-state index contributed by atoms with van der Waals surface area (Å²) in [6.07, 6.45) is -0.679. The van der Waals surface area contributed by atoms with Crippen LogP contribution in [-0.4, -0.2) is 47.1 Å². The van der Waals surface area contributed by atoms with Gasteiger partial charge in [-0.1, -0.05) is 23.9 Å². The second-order valence-electron chi connectivity index (χ2n) is 6.55. The molecule has 0 saturated carbocycles. The summed E-state index contributed by atoms with van der Waals surface area (Å²) in [4.78, 5) is 19.6. The molecule has 146 valence electrons. The van der Waals surface area contributed by atoms with E-state index >= 15 is 0 Å². The van der Waals surface area contributed by atoms with Crippen molar-refractivity contribution in [3.8, 4) is 17.2 Å². The Morgan fingerprint density at radius 2 is 1.96 bits per heavy atom. The Morgan fingerprint density at radius 1 is 1.21 bits per heavy atom. The molecular formula is C21H22N2O4S. The van der Waals surface area contributed by atoms with Crippen LogP contribution in [0.1, 0.15) is 13.8 Å². The number of amidine groups is 1. The van der Waals surface area contributed by atoms with Gasteiger partial charge in [0, 0.05) is 11.8 Å². The zero-order valence-electron chi connectivity index (χ0n) is 15.8. The summed E-state index contributed by atoms with van der Waals surface area (Å²) in [7, 11) is 0. The van der Waals surface area contributed by atoms with Gasteiger partial charge in [0.25, 0.3) is 5.91 Å². The van der Waals surface area contributed by atoms with E-state index in [0.29, 0.717) is 23.3 Å². The molecule has 0 aliphatic carbocycles. The third kappa shape index (κ3) is 3.80. The molecule has 0 spiro atoms. The normalized spacial score (nSPS) is 22.4. The van der Waals surface area contributed by atoms with E-state index in [1.807, 2.05) is 62.4 Å². The minimum absolute atomic E-state index is 0.0414. The number of benzene rings is 2. The lowest BCUT2D eigenvalue weighted by Gasteiger charge is -2.30. The largest absolute Gasteiger partial charge is 0.494 e. The van der Waals surface area contributed by atoms with Crippen LogP contribution in [0.2, 0.25) is 0 Å². The standard InChI is InChI=1S/C21H22N2O4S/c1-3-25-16-10-8-15(9-11-16)22-21-23(14(2)13-28-21)20(24)19-12-26-17-6-4-5-7-18(17)27-19/h4-11,14,19H,3,12-13H2,1-2H3/t14-,19+/m1/s1. The van der Waals surface area contributed by atoms with E-state index in [-0.39, 0.29) is 18.6 Å². The lowest BCUT2D eigenvalue weighted by atomic mass is 10.2. The minimum Gasteiger partial charge on any atom is -0.494 e. The molecular weight excluding hydrogens is 376 g/mol. The van der Waals surface area contributed by atoms with E-state index in [2.05, 4.69) is 4.99 Å². The van der Waals surface area contributed by atoms with Crippen molar-refractivity contribution < 1.29 is 19.0 Å². The van der Waals surface area contributed by atoms with E-state index in [0.717, 1.165) is 17.2 Å². The highest BCUT2D eigenvalue weighted by Gasteiger charge is 2.39. The molecule has 1 amide bonds. The smallest absolute Gasteiger partial charge is 0.273 e. The number of thioether (sulfide) groups is 1. The van der Waals surface area contributed by atoms with Gasteiger partial charge in [0.2, 0.25) is 6.10 Å². The molecule has 2 aliphatic heterocycles. The fourth-order valence-electron chi connectivity index (χ4n) is 3.12. The number of fused-ring (bicyclic) bond motifs is 1. The second-order valence-corrected chi connectivity index (χ2v) is 7.54. The van der Waals surface area contributed by atoms with E-state index < -0.39 is 6.10 Å². The fraction of sp³-hybridized carbons (Fsp3) is 0.333. The number of carbonyl (C=O) groups excluding carboxylic acids is 1. The quantitative estimate of drug-likeness (QED) is 0.782. The predicted molar refractivity (Wildman–Crippen MR) is 110 cm³/mol. The number of hydrogen-bond donors (Lipinski definition) is 0. The van der Waals surface area contributed by atoms with Crippen LogP contribution in [0.15, 0.2) is 53.5 Å². The van der Waals surface area contributed by atoms with Crippen molar-refractivity contribution >= 4 is 28.5 Å². The number of rotatable bonds is 4. The van der Waals surface area contributed by atoms with Crippen LogP contribution in [0, 0.1) is 0 Å². The Hall–Kier alpha value is -2.67. The number of carbonyl (C=O) groups is 1. The topological polar surface area (TPSA) is 60.4 Å². The van der Waals surface area contributed by atoms with Crippen molar-refractivity contribution in [3.05, 3.63) is 48.5 Å². The SMILES string of the molecule is CCOc1ccc(N=C2SC[C@@H](C)N2C(=O)[C@@H]2COc3ccccc3O2)cc1. The molecule has 0 radical (unpaired) electrons. The molecule has 2 aliphatic rings. The maximum atomic E-state index is 13.2. The van der Waals surface area contributed by atoms with Gasteiger partial charge < -0.3 is 14.2 Å². The van der Waals surface area contributed by atoms with Gasteiger partial charge in [-0.2, -0.15) is 0 Å². The number of ether oxygens (including phenoxy) is 3. The lowest BCUT2D eigenvalue weighted by Crippen LogP contribution is -2.49. The van der Waals surface area contributed by atoms with E-state index in [1.165, 1.54) is 0 Å². The Morgan fingerprint density at radius 3 is 2.71 bits per heavy atom. The van der Waals surface area contributed by atoms with Gasteiger partial charge in [-0.3, -0.25) is 9.69 Å². The molecule has 0 aromatic heterocycles. The lowest BCUT2D eigenvalue weighted by molar-refractivity contribution is -0.137. The molecule has 2 atom stereocenters. The molecule has 0 unspecified atom stereocenters. The average molecular weight is 398 g/mol. The highest BCUT2D eigenvalue weighted by Crippen LogP contribution is 2.33. The number of hydrogen-bond acceptors (Lipinski definition) is 6. The summed E-state index contributed by atoms with van der Waals surface area (Å²) in [5, 5.41) is 0.684. The zero-order chi connectivity index (χ0) is 19.5. The third-order valence-electron chi connectivity index (χ3n) is 4.49. The molecule has 6 nitrogen and oxygen atoms in total. The average Bonchev–Trinajstić information content (AvgIpc) is 3.08. The fourth-order valence-corrected chi connectivity index (χ4v) is 4.23. The van der Waals surface area contributed by atoms with Crippen molar-refractivity contribution in [2.45, 2.75) is 26.0 Å². The number of nitrogens with zero attached hydrogens (tertiary/aromatic N) is 2. The second kappa shape index (κ2) is 8.14. The minimum atomic E-state index is -0.679. The summed E-state index contributed by atoms with van der Waals surface area (Å²) < 4.78 is 17.1. The molecule has 7 heteroatoms. The highest BCUT2D eigenvalue weighted by molar-refractivity contribution is 8.14. The van der Waals surface area contributed by atoms with Gasteiger partial charge >= 0.3 is 0 Å². The molecule has 28 heavy (non-hydrogen) atoms. The Kier molecular flexibility index (Phi) is 5.43. The van der Waals surface area contributed by atoms with Crippen LogP contribution in [0.25, 0.3) is 0 Å². The van der Waals surface area contributed by atoms with Crippen molar-refractivity contribution in [1.82, 2.24) is 4.90 Å². The summed E-state index contributed by atoms with van der Waals surface area (Å²) >= 11 is 1.57. The summed E-state index contributed by atoms with van der Waals surface area (Å²) in [6.45, 7) is 4.78. The molecule has 2 aromatic rings. The van der Waals surface area contributed by atoms with Crippen molar-refractivity contribution in [1.29, 1.82) is 0 Å². The third-order valence-corrected chi connectivity index (χ3v) is 5.69. The first kappa shape index (κ1) is 18.7. The summed E-state index contributed by atoms with van der Waals surface area (Å²) in [6, 6.07) is 15.0. The number of para-hydroxylation sites is 2. The van der Waals surface area contributed by atoms with Gasteiger partial charge in [-0.05, 0) is 50.2 Å². The van der Waals surface area contributed by atoms with E-state index in [9.17, 15) is 4.79 Å². The van der Waals surface area contributed by atoms with Crippen LogP contribution in [0.5, 0.6) is 17.2 Å². The number of amides is 1. The number of aliphatic imine (C=N–C) groups is 1. The highest BCUT2D eigenvalue weighted by atomic mass is 32.2. The van der Waals surface area contributed by atoms with Crippen molar-refractivity contribution in [2.24, 2.45) is 4.99 Å². The van der Waals surface area contributed by atoms with E-state index in [4.69, 9.17) is 14.2 Å². The van der Waals surface area contributed by atoms with Gasteiger partial charge in [-0.25, -0.2) is 4.99 Å². The molecule has 4 rings (SSSR count). The molecule has 1 saturated heterocycles. The molecule has 1 fully saturated rings. The molecule has 2 aromatic carbocycles. The Balaban J connectivity index is 1.53. The molecule has 2 heterocycles. The monoisotopic (exact) mass is 398 g/mol.